The van der Waals surface area contributed by atoms with Crippen molar-refractivity contribution in [2.24, 2.45) is 4.99 Å². The lowest BCUT2D eigenvalue weighted by Gasteiger charge is -2.22. The number of anilines is 1. The smallest absolute Gasteiger partial charge is 0.272 e. The molecule has 1 amide bonds. The molecule has 0 radical (unpaired) electrons. The molecule has 2 N–H and O–H groups in total. The molecule has 0 spiro atoms. The van der Waals surface area contributed by atoms with Crippen LogP contribution in [0.15, 0.2) is 53.5 Å². The number of amides is 1. The van der Waals surface area contributed by atoms with Crippen molar-refractivity contribution in [2.45, 2.75) is 12.6 Å². The number of hydrogen-bond acceptors (Lipinski definition) is 4. The third kappa shape index (κ3) is 5.36. The van der Waals surface area contributed by atoms with Crippen LogP contribution in [0.2, 0.25) is 5.02 Å². The first kappa shape index (κ1) is 22.2. The van der Waals surface area contributed by atoms with Gasteiger partial charge in [0.05, 0.1) is 11.4 Å². The van der Waals surface area contributed by atoms with Crippen molar-refractivity contribution in [2.75, 3.05) is 39.1 Å². The molecule has 3 rings (SSSR count). The third-order valence-electron chi connectivity index (χ3n) is 4.78. The highest BCUT2D eigenvalue weighted by molar-refractivity contribution is 7.80. The van der Waals surface area contributed by atoms with Crippen LogP contribution in [0, 0.1) is 0 Å². The molecule has 30 heavy (non-hydrogen) atoms. The van der Waals surface area contributed by atoms with E-state index in [1.165, 1.54) is 0 Å². The van der Waals surface area contributed by atoms with Crippen LogP contribution < -0.4 is 15.5 Å². The molecule has 2 aromatic rings. The number of aliphatic imine (C=N–C) groups is 1. The zero-order valence-corrected chi connectivity index (χ0v) is 18.9. The van der Waals surface area contributed by atoms with Gasteiger partial charge in [0.15, 0.2) is 5.11 Å². The summed E-state index contributed by atoms with van der Waals surface area (Å²) in [7, 11) is 5.79. The second-order valence-corrected chi connectivity index (χ2v) is 8.21. The Balaban J connectivity index is 1.90. The third-order valence-corrected chi connectivity index (χ3v) is 5.28. The molecule has 1 heterocycles. The normalized spacial score (nSPS) is 16.0. The number of hydrogen-bond donors (Lipinski definition) is 2. The van der Waals surface area contributed by atoms with Gasteiger partial charge in [-0.05, 0) is 57.5 Å². The summed E-state index contributed by atoms with van der Waals surface area (Å²) >= 11 is 11.7. The molecule has 1 aliphatic heterocycles. The molecule has 1 unspecified atom stereocenters. The number of benzene rings is 2. The van der Waals surface area contributed by atoms with Gasteiger partial charge in [-0.15, -0.1) is 0 Å². The highest BCUT2D eigenvalue weighted by Crippen LogP contribution is 2.29. The molecule has 0 saturated carbocycles. The summed E-state index contributed by atoms with van der Waals surface area (Å²) in [6.45, 7) is 1.67. The van der Waals surface area contributed by atoms with E-state index < -0.39 is 6.17 Å². The molecular formula is C22H26ClN5OS. The van der Waals surface area contributed by atoms with Crippen LogP contribution in [0.5, 0.6) is 0 Å². The number of fused-ring (bicyclic) bond motifs is 1. The number of halogens is 1. The van der Waals surface area contributed by atoms with Gasteiger partial charge in [0, 0.05) is 29.7 Å². The minimum atomic E-state index is -0.842. The summed E-state index contributed by atoms with van der Waals surface area (Å²) in [6, 6.07) is 15.2. The van der Waals surface area contributed by atoms with E-state index in [-0.39, 0.29) is 5.91 Å². The Morgan fingerprint density at radius 1 is 1.23 bits per heavy atom. The lowest BCUT2D eigenvalue weighted by molar-refractivity contribution is -0.119. The van der Waals surface area contributed by atoms with E-state index in [0.717, 1.165) is 29.8 Å². The molecule has 158 valence electrons. The van der Waals surface area contributed by atoms with Gasteiger partial charge in [0.1, 0.15) is 0 Å². The largest absolute Gasteiger partial charge is 0.363 e. The Hall–Kier alpha value is -2.48. The number of nitrogens with one attached hydrogen (secondary N) is 2. The van der Waals surface area contributed by atoms with E-state index >= 15 is 0 Å². The summed E-state index contributed by atoms with van der Waals surface area (Å²) in [4.78, 5) is 21.6. The molecule has 0 fully saturated rings. The topological polar surface area (TPSA) is 60.0 Å². The maximum atomic E-state index is 13.2. The highest BCUT2D eigenvalue weighted by Gasteiger charge is 2.30. The second kappa shape index (κ2) is 10.0. The van der Waals surface area contributed by atoms with E-state index in [2.05, 4.69) is 15.5 Å². The molecule has 0 aromatic heterocycles. The van der Waals surface area contributed by atoms with E-state index in [4.69, 9.17) is 28.8 Å². The number of carbonyl (C=O) groups is 1. The average molecular weight is 444 g/mol. The summed E-state index contributed by atoms with van der Waals surface area (Å²) in [6.07, 6.45) is 0.0979. The lowest BCUT2D eigenvalue weighted by Crippen LogP contribution is -2.49. The molecule has 0 bridgehead atoms. The van der Waals surface area contributed by atoms with Crippen LogP contribution in [-0.4, -0.2) is 62.0 Å². The second-order valence-electron chi connectivity index (χ2n) is 7.36. The van der Waals surface area contributed by atoms with E-state index in [0.29, 0.717) is 22.4 Å². The van der Waals surface area contributed by atoms with Gasteiger partial charge in [0.2, 0.25) is 6.17 Å². The van der Waals surface area contributed by atoms with Gasteiger partial charge in [-0.2, -0.15) is 0 Å². The monoisotopic (exact) mass is 443 g/mol. The average Bonchev–Trinajstić information content (AvgIpc) is 2.82. The van der Waals surface area contributed by atoms with E-state index in [1.807, 2.05) is 56.6 Å². The summed E-state index contributed by atoms with van der Waals surface area (Å²) in [5.41, 5.74) is 3.15. The zero-order valence-electron chi connectivity index (χ0n) is 17.4. The molecule has 1 atom stereocenters. The Kier molecular flexibility index (Phi) is 7.42. The molecular weight excluding hydrogens is 418 g/mol. The predicted molar refractivity (Wildman–Crippen MR) is 128 cm³/mol. The number of rotatable bonds is 6. The number of carbonyl (C=O) groups excluding carboxylic acids is 1. The van der Waals surface area contributed by atoms with Crippen molar-refractivity contribution in [3.63, 3.8) is 0 Å². The summed E-state index contributed by atoms with van der Waals surface area (Å²) in [5.74, 6) is -0.193. The fraction of sp³-hybridized carbons (Fsp3) is 0.318. The van der Waals surface area contributed by atoms with Gasteiger partial charge >= 0.3 is 0 Å². The number of nitrogens with zero attached hydrogens (tertiary/aromatic N) is 3. The Morgan fingerprint density at radius 3 is 2.67 bits per heavy atom. The fourth-order valence-electron chi connectivity index (χ4n) is 3.24. The van der Waals surface area contributed by atoms with Gasteiger partial charge in [-0.25, -0.2) is 4.99 Å². The molecule has 6 nitrogen and oxygen atoms in total. The van der Waals surface area contributed by atoms with Crippen molar-refractivity contribution in [1.29, 1.82) is 0 Å². The first-order chi connectivity index (χ1) is 14.4. The molecule has 1 aliphatic rings. The number of benzodiazepines with no additional fused rings is 1. The first-order valence-corrected chi connectivity index (χ1v) is 10.5. The molecule has 2 aromatic carbocycles. The Morgan fingerprint density at radius 2 is 1.97 bits per heavy atom. The van der Waals surface area contributed by atoms with Crippen molar-refractivity contribution in [3.05, 3.63) is 64.7 Å². The van der Waals surface area contributed by atoms with Gasteiger partial charge in [0.25, 0.3) is 5.91 Å². The van der Waals surface area contributed by atoms with Crippen LogP contribution in [0.4, 0.5) is 5.69 Å². The van der Waals surface area contributed by atoms with Crippen molar-refractivity contribution >= 4 is 46.2 Å². The van der Waals surface area contributed by atoms with Gasteiger partial charge < -0.3 is 20.4 Å². The zero-order chi connectivity index (χ0) is 21.7. The van der Waals surface area contributed by atoms with Crippen molar-refractivity contribution < 1.29 is 4.79 Å². The van der Waals surface area contributed by atoms with Crippen LogP contribution >= 0.6 is 23.8 Å². The fourth-order valence-corrected chi connectivity index (χ4v) is 3.62. The van der Waals surface area contributed by atoms with Crippen LogP contribution in [0.3, 0.4) is 0 Å². The predicted octanol–water partition coefficient (Wildman–Crippen LogP) is 2.90. The minimum absolute atomic E-state index is 0.193. The van der Waals surface area contributed by atoms with E-state index in [9.17, 15) is 4.79 Å². The molecule has 8 heteroatoms. The van der Waals surface area contributed by atoms with Crippen LogP contribution in [0.1, 0.15) is 17.5 Å². The highest BCUT2D eigenvalue weighted by atomic mass is 35.5. The minimum Gasteiger partial charge on any atom is -0.363 e. The maximum absolute atomic E-state index is 13.2. The van der Waals surface area contributed by atoms with Gasteiger partial charge in [-0.3, -0.25) is 4.79 Å². The van der Waals surface area contributed by atoms with Gasteiger partial charge in [-0.1, -0.05) is 41.9 Å². The molecule has 0 saturated heterocycles. The quantitative estimate of drug-likeness (QED) is 0.531. The van der Waals surface area contributed by atoms with Crippen molar-refractivity contribution in [3.8, 4) is 0 Å². The number of thiocarbonyl (C=S) groups is 1. The van der Waals surface area contributed by atoms with Crippen LogP contribution in [-0.2, 0) is 4.79 Å². The first-order valence-electron chi connectivity index (χ1n) is 9.76. The van der Waals surface area contributed by atoms with E-state index in [1.54, 1.807) is 18.0 Å². The molecule has 0 aliphatic carbocycles. The SMILES string of the molecule is CN(C)CCCNC(=S)NC1N=C(c2ccccc2)c2cc(Cl)ccc2N(C)C1=O. The van der Waals surface area contributed by atoms with Crippen molar-refractivity contribution in [1.82, 2.24) is 15.5 Å². The van der Waals surface area contributed by atoms with Crippen LogP contribution in [0.25, 0.3) is 0 Å². The Labute approximate surface area is 187 Å². The number of likely N-dealkylation sites (N-methyl/N-ethyl adjacent to an activating group) is 1. The maximum Gasteiger partial charge on any atom is 0.272 e. The summed E-state index contributed by atoms with van der Waals surface area (Å²) < 4.78 is 0. The lowest BCUT2D eigenvalue weighted by atomic mass is 10.0. The summed E-state index contributed by atoms with van der Waals surface area (Å²) in [5, 5.41) is 7.22. The standard InChI is InChI=1S/C22H26ClN5OS/c1-27(2)13-7-12-24-22(30)26-20-21(29)28(3)18-11-10-16(23)14-17(18)19(25-20)15-8-5-4-6-9-15/h4-6,8-11,14,20H,7,12-13H2,1-3H3,(H2,24,26,30). The Bertz CT molecular complexity index is 948.